The van der Waals surface area contributed by atoms with Gasteiger partial charge in [0.2, 0.25) is 0 Å². The first-order valence-corrected chi connectivity index (χ1v) is 6.74. The number of benzene rings is 2. The zero-order valence-electron chi connectivity index (χ0n) is 11.4. The van der Waals surface area contributed by atoms with Gasteiger partial charge in [-0.15, -0.1) is 0 Å². The number of aromatic nitrogens is 1. The number of nitrogens with zero attached hydrogens (tertiary/aromatic N) is 1. The molecule has 0 saturated carbocycles. The summed E-state index contributed by atoms with van der Waals surface area (Å²) >= 11 is 0. The van der Waals surface area contributed by atoms with Crippen molar-refractivity contribution in [1.29, 1.82) is 0 Å². The average Bonchev–Trinajstić information content (AvgIpc) is 2.57. The van der Waals surface area contributed by atoms with Gasteiger partial charge in [-0.05, 0) is 47.5 Å². The second kappa shape index (κ2) is 6.20. The monoisotopic (exact) mass is 277 g/mol. The quantitative estimate of drug-likeness (QED) is 0.785. The third-order valence-electron chi connectivity index (χ3n) is 3.20. The summed E-state index contributed by atoms with van der Waals surface area (Å²) < 4.78 is 5.73. The standard InChI is InChI=1S/C18H15NO2/c20-18(15-10-12-19-13-11-15)14-6-8-17(9-7-14)21-16-4-2-1-3-5-16/h1-13,18,20H. The summed E-state index contributed by atoms with van der Waals surface area (Å²) in [4.78, 5) is 3.95. The maximum absolute atomic E-state index is 10.3. The van der Waals surface area contributed by atoms with Crippen LogP contribution in [0.5, 0.6) is 11.5 Å². The molecule has 3 heteroatoms. The van der Waals surface area contributed by atoms with E-state index in [9.17, 15) is 5.11 Å². The summed E-state index contributed by atoms with van der Waals surface area (Å²) in [7, 11) is 0. The molecular formula is C18H15NO2. The molecule has 3 rings (SSSR count). The molecule has 0 bridgehead atoms. The maximum atomic E-state index is 10.3. The molecule has 0 aliphatic rings. The minimum atomic E-state index is -0.654. The van der Waals surface area contributed by atoms with Gasteiger partial charge >= 0.3 is 0 Å². The smallest absolute Gasteiger partial charge is 0.127 e. The van der Waals surface area contributed by atoms with Gasteiger partial charge in [0, 0.05) is 12.4 Å². The number of pyridine rings is 1. The lowest BCUT2D eigenvalue weighted by Crippen LogP contribution is -1.99. The molecule has 104 valence electrons. The lowest BCUT2D eigenvalue weighted by molar-refractivity contribution is 0.220. The topological polar surface area (TPSA) is 42.4 Å². The zero-order valence-corrected chi connectivity index (χ0v) is 11.4. The summed E-state index contributed by atoms with van der Waals surface area (Å²) in [5.74, 6) is 1.53. The fourth-order valence-corrected chi connectivity index (χ4v) is 2.08. The minimum Gasteiger partial charge on any atom is -0.457 e. The van der Waals surface area contributed by atoms with E-state index in [4.69, 9.17) is 4.74 Å². The number of hydrogen-bond acceptors (Lipinski definition) is 3. The van der Waals surface area contributed by atoms with Crippen molar-refractivity contribution in [2.45, 2.75) is 6.10 Å². The highest BCUT2D eigenvalue weighted by Gasteiger charge is 2.10. The van der Waals surface area contributed by atoms with E-state index < -0.39 is 6.10 Å². The van der Waals surface area contributed by atoms with Crippen LogP contribution in [0.25, 0.3) is 0 Å². The molecule has 21 heavy (non-hydrogen) atoms. The maximum Gasteiger partial charge on any atom is 0.127 e. The SMILES string of the molecule is OC(c1ccncc1)c1ccc(Oc2ccccc2)cc1. The molecule has 0 spiro atoms. The van der Waals surface area contributed by atoms with Crippen LogP contribution in [0.4, 0.5) is 0 Å². The number of aliphatic hydroxyl groups is 1. The van der Waals surface area contributed by atoms with Gasteiger partial charge in [-0.25, -0.2) is 0 Å². The van der Waals surface area contributed by atoms with E-state index in [1.54, 1.807) is 24.5 Å². The fraction of sp³-hybridized carbons (Fsp3) is 0.0556. The lowest BCUT2D eigenvalue weighted by atomic mass is 10.0. The Morgan fingerprint density at radius 3 is 1.95 bits per heavy atom. The molecule has 0 amide bonds. The highest BCUT2D eigenvalue weighted by atomic mass is 16.5. The second-order valence-corrected chi connectivity index (χ2v) is 4.67. The largest absolute Gasteiger partial charge is 0.457 e. The van der Waals surface area contributed by atoms with Gasteiger partial charge in [-0.3, -0.25) is 4.98 Å². The molecule has 0 radical (unpaired) electrons. The van der Waals surface area contributed by atoms with E-state index in [1.807, 2.05) is 54.6 Å². The third-order valence-corrected chi connectivity index (χ3v) is 3.20. The first-order valence-electron chi connectivity index (χ1n) is 6.74. The first kappa shape index (κ1) is 13.3. The van der Waals surface area contributed by atoms with Crippen LogP contribution in [0.1, 0.15) is 17.2 Å². The van der Waals surface area contributed by atoms with Crippen LogP contribution in [0.15, 0.2) is 79.1 Å². The Morgan fingerprint density at radius 1 is 0.714 bits per heavy atom. The Balaban J connectivity index is 1.75. The van der Waals surface area contributed by atoms with Gasteiger partial charge in [-0.1, -0.05) is 30.3 Å². The molecule has 0 aliphatic carbocycles. The molecule has 3 aromatic rings. The Hall–Kier alpha value is -2.65. The fourth-order valence-electron chi connectivity index (χ4n) is 2.08. The van der Waals surface area contributed by atoms with E-state index >= 15 is 0 Å². The predicted octanol–water partition coefficient (Wildman–Crippen LogP) is 3.96. The van der Waals surface area contributed by atoms with E-state index in [2.05, 4.69) is 4.98 Å². The molecule has 1 aromatic heterocycles. The van der Waals surface area contributed by atoms with Crippen molar-refractivity contribution in [3.63, 3.8) is 0 Å². The molecule has 1 N–H and O–H groups in total. The lowest BCUT2D eigenvalue weighted by Gasteiger charge is -2.12. The van der Waals surface area contributed by atoms with Gasteiger partial charge in [0.05, 0.1) is 0 Å². The van der Waals surface area contributed by atoms with Crippen LogP contribution in [-0.2, 0) is 0 Å². The third kappa shape index (κ3) is 3.27. The molecule has 3 nitrogen and oxygen atoms in total. The molecule has 1 atom stereocenters. The summed E-state index contributed by atoms with van der Waals surface area (Å²) in [6.45, 7) is 0. The van der Waals surface area contributed by atoms with Crippen molar-refractivity contribution in [1.82, 2.24) is 4.98 Å². The van der Waals surface area contributed by atoms with Crippen molar-refractivity contribution in [2.24, 2.45) is 0 Å². The van der Waals surface area contributed by atoms with Crippen LogP contribution in [0.2, 0.25) is 0 Å². The Morgan fingerprint density at radius 2 is 1.29 bits per heavy atom. The number of para-hydroxylation sites is 1. The predicted molar refractivity (Wildman–Crippen MR) is 81.3 cm³/mol. The molecule has 2 aromatic carbocycles. The summed E-state index contributed by atoms with van der Waals surface area (Å²) in [6.07, 6.45) is 2.69. The summed E-state index contributed by atoms with van der Waals surface area (Å²) in [6, 6.07) is 20.7. The molecule has 1 heterocycles. The summed E-state index contributed by atoms with van der Waals surface area (Å²) in [5, 5.41) is 10.3. The van der Waals surface area contributed by atoms with Gasteiger partial charge in [0.25, 0.3) is 0 Å². The number of aliphatic hydroxyl groups excluding tert-OH is 1. The minimum absolute atomic E-state index is 0.654. The first-order chi connectivity index (χ1) is 10.3. The number of rotatable bonds is 4. The highest BCUT2D eigenvalue weighted by Crippen LogP contribution is 2.26. The van der Waals surface area contributed by atoms with Crippen molar-refractivity contribution in [3.8, 4) is 11.5 Å². The van der Waals surface area contributed by atoms with Crippen LogP contribution >= 0.6 is 0 Å². The average molecular weight is 277 g/mol. The van der Waals surface area contributed by atoms with Crippen LogP contribution in [0.3, 0.4) is 0 Å². The van der Waals surface area contributed by atoms with Crippen LogP contribution in [-0.4, -0.2) is 10.1 Å². The molecule has 1 unspecified atom stereocenters. The van der Waals surface area contributed by atoms with E-state index in [1.165, 1.54) is 0 Å². The van der Waals surface area contributed by atoms with E-state index in [-0.39, 0.29) is 0 Å². The second-order valence-electron chi connectivity index (χ2n) is 4.67. The Bertz CT molecular complexity index is 681. The molecule has 0 aliphatic heterocycles. The Kier molecular flexibility index (Phi) is 3.94. The number of hydrogen-bond donors (Lipinski definition) is 1. The van der Waals surface area contributed by atoms with Crippen molar-refractivity contribution in [2.75, 3.05) is 0 Å². The van der Waals surface area contributed by atoms with Crippen LogP contribution in [0, 0.1) is 0 Å². The molecular weight excluding hydrogens is 262 g/mol. The van der Waals surface area contributed by atoms with Gasteiger partial charge in [-0.2, -0.15) is 0 Å². The van der Waals surface area contributed by atoms with Crippen LogP contribution < -0.4 is 4.74 Å². The Labute approximate surface area is 123 Å². The summed E-state index contributed by atoms with van der Waals surface area (Å²) in [5.41, 5.74) is 1.64. The van der Waals surface area contributed by atoms with E-state index in [0.29, 0.717) is 0 Å². The number of ether oxygens (including phenoxy) is 1. The van der Waals surface area contributed by atoms with Crippen molar-refractivity contribution < 1.29 is 9.84 Å². The van der Waals surface area contributed by atoms with Crippen molar-refractivity contribution >= 4 is 0 Å². The van der Waals surface area contributed by atoms with Crippen molar-refractivity contribution in [3.05, 3.63) is 90.3 Å². The van der Waals surface area contributed by atoms with E-state index in [0.717, 1.165) is 22.6 Å². The molecule has 0 fully saturated rings. The highest BCUT2D eigenvalue weighted by molar-refractivity contribution is 5.36. The molecule has 0 saturated heterocycles. The van der Waals surface area contributed by atoms with Gasteiger partial charge in [0.1, 0.15) is 17.6 Å². The van der Waals surface area contributed by atoms with Gasteiger partial charge < -0.3 is 9.84 Å². The zero-order chi connectivity index (χ0) is 14.5. The normalized spacial score (nSPS) is 11.9. The van der Waals surface area contributed by atoms with Gasteiger partial charge in [0.15, 0.2) is 0 Å².